The number of nitriles is 1. The molecular weight excluding hydrogens is 320 g/mol. The van der Waals surface area contributed by atoms with Gasteiger partial charge in [-0.3, -0.25) is 0 Å². The highest BCUT2D eigenvalue weighted by atomic mass is 79.9. The van der Waals surface area contributed by atoms with Crippen LogP contribution >= 0.6 is 15.9 Å². The third-order valence-electron chi connectivity index (χ3n) is 2.79. The number of hydrogen-bond acceptors (Lipinski definition) is 4. The van der Waals surface area contributed by atoms with Gasteiger partial charge in [-0.25, -0.2) is 9.97 Å². The normalized spacial score (nSPS) is 10.4. The number of halogens is 1. The Bertz CT molecular complexity index is 767. The lowest BCUT2D eigenvalue weighted by molar-refractivity contribution is 0.571. The van der Waals surface area contributed by atoms with Crippen molar-refractivity contribution in [2.45, 2.75) is 6.54 Å². The average molecular weight is 329 g/mol. The summed E-state index contributed by atoms with van der Waals surface area (Å²) in [5, 5.41) is 8.91. The van der Waals surface area contributed by atoms with Crippen LogP contribution in [0.25, 0.3) is 11.5 Å². The van der Waals surface area contributed by atoms with Crippen molar-refractivity contribution in [1.82, 2.24) is 14.5 Å². The number of benzene rings is 1. The Kier molecular flexibility index (Phi) is 3.35. The SMILES string of the molecule is N#Cc1nccn1Cc1coc(-c2ccc(Br)cc2)n1. The van der Waals surface area contributed by atoms with Crippen molar-refractivity contribution in [1.29, 1.82) is 5.26 Å². The van der Waals surface area contributed by atoms with Crippen LogP contribution in [-0.4, -0.2) is 14.5 Å². The Hall–Kier alpha value is -2.39. The van der Waals surface area contributed by atoms with Crippen LogP contribution in [0.5, 0.6) is 0 Å². The third-order valence-corrected chi connectivity index (χ3v) is 3.32. The monoisotopic (exact) mass is 328 g/mol. The van der Waals surface area contributed by atoms with E-state index in [0.717, 1.165) is 15.7 Å². The molecule has 0 N–H and O–H groups in total. The third kappa shape index (κ3) is 2.49. The molecule has 2 aromatic heterocycles. The zero-order chi connectivity index (χ0) is 13.9. The van der Waals surface area contributed by atoms with Crippen molar-refractivity contribution >= 4 is 15.9 Å². The van der Waals surface area contributed by atoms with Crippen LogP contribution in [0.4, 0.5) is 0 Å². The summed E-state index contributed by atoms with van der Waals surface area (Å²) in [6.07, 6.45) is 4.93. The summed E-state index contributed by atoms with van der Waals surface area (Å²) in [5.74, 6) is 0.921. The Morgan fingerprint density at radius 2 is 2.10 bits per heavy atom. The van der Waals surface area contributed by atoms with E-state index in [9.17, 15) is 0 Å². The number of rotatable bonds is 3. The first-order valence-electron chi connectivity index (χ1n) is 5.88. The van der Waals surface area contributed by atoms with Crippen LogP contribution in [0, 0.1) is 11.3 Å². The molecule has 0 saturated carbocycles. The molecule has 0 aliphatic carbocycles. The maximum atomic E-state index is 8.91. The summed E-state index contributed by atoms with van der Waals surface area (Å²) < 4.78 is 8.20. The van der Waals surface area contributed by atoms with E-state index in [1.54, 1.807) is 23.2 Å². The molecule has 6 heteroatoms. The fourth-order valence-corrected chi connectivity index (χ4v) is 2.09. The molecule has 5 nitrogen and oxygen atoms in total. The zero-order valence-electron chi connectivity index (χ0n) is 10.3. The first-order chi connectivity index (χ1) is 9.76. The van der Waals surface area contributed by atoms with Crippen molar-refractivity contribution in [3.63, 3.8) is 0 Å². The van der Waals surface area contributed by atoms with Gasteiger partial charge in [0.05, 0.1) is 12.2 Å². The van der Waals surface area contributed by atoms with Gasteiger partial charge in [0.15, 0.2) is 0 Å². The van der Waals surface area contributed by atoms with E-state index in [0.29, 0.717) is 18.3 Å². The molecule has 0 aliphatic heterocycles. The summed E-state index contributed by atoms with van der Waals surface area (Å²) in [7, 11) is 0. The highest BCUT2D eigenvalue weighted by Crippen LogP contribution is 2.21. The smallest absolute Gasteiger partial charge is 0.226 e. The molecule has 3 aromatic rings. The van der Waals surface area contributed by atoms with Gasteiger partial charge >= 0.3 is 0 Å². The summed E-state index contributed by atoms with van der Waals surface area (Å²) >= 11 is 3.39. The summed E-state index contributed by atoms with van der Waals surface area (Å²) in [4.78, 5) is 8.36. The molecule has 0 aliphatic rings. The molecule has 3 rings (SSSR count). The van der Waals surface area contributed by atoms with Gasteiger partial charge in [0.1, 0.15) is 12.3 Å². The van der Waals surface area contributed by atoms with Gasteiger partial charge in [-0.2, -0.15) is 5.26 Å². The predicted octanol–water partition coefficient (Wildman–Crippen LogP) is 3.22. The van der Waals surface area contributed by atoms with Gasteiger partial charge in [-0.1, -0.05) is 15.9 Å². The number of nitrogens with zero attached hydrogens (tertiary/aromatic N) is 4. The molecule has 0 atom stereocenters. The molecule has 0 radical (unpaired) electrons. The second-order valence-corrected chi connectivity index (χ2v) is 5.06. The maximum absolute atomic E-state index is 8.91. The molecule has 0 unspecified atom stereocenters. The van der Waals surface area contributed by atoms with E-state index in [1.807, 2.05) is 30.3 Å². The summed E-state index contributed by atoms with van der Waals surface area (Å²) in [5.41, 5.74) is 1.66. The molecule has 98 valence electrons. The van der Waals surface area contributed by atoms with Crippen molar-refractivity contribution in [3.8, 4) is 17.5 Å². The lowest BCUT2D eigenvalue weighted by atomic mass is 10.2. The molecule has 20 heavy (non-hydrogen) atoms. The average Bonchev–Trinajstić information content (AvgIpc) is 3.09. The van der Waals surface area contributed by atoms with Gasteiger partial charge in [-0.05, 0) is 24.3 Å². The van der Waals surface area contributed by atoms with Crippen molar-refractivity contribution in [2.24, 2.45) is 0 Å². The highest BCUT2D eigenvalue weighted by molar-refractivity contribution is 9.10. The minimum absolute atomic E-state index is 0.359. The van der Waals surface area contributed by atoms with E-state index >= 15 is 0 Å². The minimum atomic E-state index is 0.359. The van der Waals surface area contributed by atoms with E-state index in [1.165, 1.54) is 0 Å². The second-order valence-electron chi connectivity index (χ2n) is 4.14. The largest absolute Gasteiger partial charge is 0.444 e. The molecule has 1 aromatic carbocycles. The van der Waals surface area contributed by atoms with Crippen LogP contribution < -0.4 is 0 Å². The van der Waals surface area contributed by atoms with Gasteiger partial charge in [0, 0.05) is 22.4 Å². The van der Waals surface area contributed by atoms with E-state index in [2.05, 4.69) is 25.9 Å². The van der Waals surface area contributed by atoms with Crippen molar-refractivity contribution in [2.75, 3.05) is 0 Å². The number of imidazole rings is 1. The van der Waals surface area contributed by atoms with Crippen molar-refractivity contribution in [3.05, 3.63) is 58.9 Å². The quantitative estimate of drug-likeness (QED) is 0.740. The topological polar surface area (TPSA) is 67.6 Å². The second kappa shape index (κ2) is 5.31. The van der Waals surface area contributed by atoms with Gasteiger partial charge < -0.3 is 8.98 Å². The molecule has 2 heterocycles. The van der Waals surface area contributed by atoms with Crippen LogP contribution in [0.2, 0.25) is 0 Å². The van der Waals surface area contributed by atoms with Gasteiger partial charge in [0.25, 0.3) is 0 Å². The number of hydrogen-bond donors (Lipinski definition) is 0. The zero-order valence-corrected chi connectivity index (χ0v) is 11.9. The molecule has 0 fully saturated rings. The van der Waals surface area contributed by atoms with E-state index in [4.69, 9.17) is 9.68 Å². The number of oxazole rings is 1. The predicted molar refractivity (Wildman–Crippen MR) is 75.7 cm³/mol. The standard InChI is InChI=1S/C14H9BrN4O/c15-11-3-1-10(2-4-11)14-18-12(9-20-14)8-19-6-5-17-13(19)7-16/h1-6,9H,8H2. The van der Waals surface area contributed by atoms with E-state index in [-0.39, 0.29) is 0 Å². The molecule has 0 bridgehead atoms. The fraction of sp³-hybridized carbons (Fsp3) is 0.0714. The lowest BCUT2D eigenvalue weighted by Gasteiger charge is -1.98. The highest BCUT2D eigenvalue weighted by Gasteiger charge is 2.09. The van der Waals surface area contributed by atoms with Crippen LogP contribution in [0.3, 0.4) is 0 Å². The van der Waals surface area contributed by atoms with Crippen molar-refractivity contribution < 1.29 is 4.42 Å². The minimum Gasteiger partial charge on any atom is -0.444 e. The molecule has 0 amide bonds. The molecular formula is C14H9BrN4O. The lowest BCUT2D eigenvalue weighted by Crippen LogP contribution is -2.01. The van der Waals surface area contributed by atoms with Gasteiger partial charge in [-0.15, -0.1) is 0 Å². The molecule has 0 saturated heterocycles. The van der Waals surface area contributed by atoms with Gasteiger partial charge in [0.2, 0.25) is 11.7 Å². The van der Waals surface area contributed by atoms with Crippen LogP contribution in [0.1, 0.15) is 11.5 Å². The first kappa shape index (κ1) is 12.6. The summed E-state index contributed by atoms with van der Waals surface area (Å²) in [6, 6.07) is 9.75. The maximum Gasteiger partial charge on any atom is 0.226 e. The van der Waals surface area contributed by atoms with Crippen LogP contribution in [0.15, 0.2) is 51.8 Å². The van der Waals surface area contributed by atoms with E-state index < -0.39 is 0 Å². The molecule has 0 spiro atoms. The Morgan fingerprint density at radius 3 is 2.85 bits per heavy atom. The Labute approximate surface area is 123 Å². The summed E-state index contributed by atoms with van der Waals surface area (Å²) in [6.45, 7) is 0.461. The Morgan fingerprint density at radius 1 is 1.30 bits per heavy atom. The van der Waals surface area contributed by atoms with Crippen LogP contribution in [-0.2, 0) is 6.54 Å². The fourth-order valence-electron chi connectivity index (χ4n) is 1.83. The number of aromatic nitrogens is 3. The first-order valence-corrected chi connectivity index (χ1v) is 6.67. The Balaban J connectivity index is 1.84.